The third-order valence-electron chi connectivity index (χ3n) is 5.09. The van der Waals surface area contributed by atoms with Crippen LogP contribution in [0, 0.1) is 0 Å². The molecule has 0 fully saturated rings. The van der Waals surface area contributed by atoms with Gasteiger partial charge in [0.1, 0.15) is 5.75 Å². The molecule has 0 amide bonds. The summed E-state index contributed by atoms with van der Waals surface area (Å²) in [7, 11) is 0. The van der Waals surface area contributed by atoms with E-state index in [4.69, 9.17) is 16.6 Å². The van der Waals surface area contributed by atoms with Crippen LogP contribution >= 0.6 is 11.6 Å². The summed E-state index contributed by atoms with van der Waals surface area (Å²) in [6.07, 6.45) is 1.90. The van der Waals surface area contributed by atoms with Crippen molar-refractivity contribution in [1.29, 1.82) is 0 Å². The molecule has 1 atom stereocenters. The highest BCUT2D eigenvalue weighted by Gasteiger charge is 2.20. The number of phenolic OH excluding ortho intramolecular Hbond substituents is 1. The topological polar surface area (TPSA) is 44.6 Å². The number of rotatable bonds is 4. The molecule has 142 valence electrons. The van der Waals surface area contributed by atoms with Crippen LogP contribution in [0.25, 0.3) is 0 Å². The Morgan fingerprint density at radius 2 is 1.82 bits per heavy atom. The lowest BCUT2D eigenvalue weighted by atomic mass is 10.00. The number of fused-ring (bicyclic) bond motifs is 1. The van der Waals surface area contributed by atoms with Gasteiger partial charge in [-0.05, 0) is 66.4 Å². The minimum Gasteiger partial charge on any atom is -0.508 e. The molecule has 4 rings (SSSR count). The smallest absolute Gasteiger partial charge is 0.115 e. The first-order valence-corrected chi connectivity index (χ1v) is 9.99. The maximum absolute atomic E-state index is 9.67. The van der Waals surface area contributed by atoms with Gasteiger partial charge in [0.15, 0.2) is 0 Å². The third kappa shape index (κ3) is 4.05. The zero-order valence-corrected chi connectivity index (χ0v) is 16.6. The van der Waals surface area contributed by atoms with E-state index in [-0.39, 0.29) is 11.8 Å². The van der Waals surface area contributed by atoms with Crippen LogP contribution in [0.15, 0.2) is 71.7 Å². The van der Waals surface area contributed by atoms with Gasteiger partial charge in [-0.3, -0.25) is 4.99 Å². The van der Waals surface area contributed by atoms with E-state index in [9.17, 15) is 5.11 Å². The lowest BCUT2D eigenvalue weighted by Crippen LogP contribution is -2.20. The number of benzene rings is 3. The number of hydrogen-bond acceptors (Lipinski definition) is 3. The Bertz CT molecular complexity index is 1010. The van der Waals surface area contributed by atoms with Crippen LogP contribution in [0.2, 0.25) is 5.02 Å². The molecule has 0 spiro atoms. The van der Waals surface area contributed by atoms with E-state index in [1.807, 2.05) is 30.3 Å². The first-order chi connectivity index (χ1) is 13.6. The van der Waals surface area contributed by atoms with Crippen molar-refractivity contribution in [1.82, 2.24) is 0 Å². The lowest BCUT2D eigenvalue weighted by molar-refractivity contribution is 0.475. The van der Waals surface area contributed by atoms with E-state index in [1.54, 1.807) is 12.1 Å². The third-order valence-corrected chi connectivity index (χ3v) is 5.32. The summed E-state index contributed by atoms with van der Waals surface area (Å²) in [6.45, 7) is 2.93. The summed E-state index contributed by atoms with van der Waals surface area (Å²) in [5.74, 6) is 0.246. The van der Waals surface area contributed by atoms with Gasteiger partial charge in [0, 0.05) is 28.4 Å². The van der Waals surface area contributed by atoms with E-state index in [2.05, 4.69) is 36.5 Å². The van der Waals surface area contributed by atoms with Gasteiger partial charge >= 0.3 is 0 Å². The number of nitrogens with zero attached hydrogens (tertiary/aromatic N) is 1. The molecule has 1 unspecified atom stereocenters. The summed E-state index contributed by atoms with van der Waals surface area (Å²) in [4.78, 5) is 5.12. The van der Waals surface area contributed by atoms with Crippen LogP contribution in [0.1, 0.15) is 29.2 Å². The van der Waals surface area contributed by atoms with Gasteiger partial charge in [0.25, 0.3) is 0 Å². The quantitative estimate of drug-likeness (QED) is 0.619. The largest absolute Gasteiger partial charge is 0.508 e. The zero-order valence-electron chi connectivity index (χ0n) is 15.8. The average molecular weight is 391 g/mol. The fourth-order valence-electron chi connectivity index (χ4n) is 3.61. The Morgan fingerprint density at radius 1 is 1.04 bits per heavy atom. The molecule has 3 nitrogen and oxygen atoms in total. The van der Waals surface area contributed by atoms with Crippen LogP contribution in [-0.4, -0.2) is 23.4 Å². The van der Waals surface area contributed by atoms with Crippen molar-refractivity contribution >= 4 is 23.0 Å². The average Bonchev–Trinajstić information content (AvgIpc) is 2.88. The predicted octanol–water partition coefficient (Wildman–Crippen LogP) is 5.48. The van der Waals surface area contributed by atoms with E-state index < -0.39 is 0 Å². The second kappa shape index (κ2) is 8.07. The van der Waals surface area contributed by atoms with Crippen molar-refractivity contribution < 1.29 is 5.11 Å². The first kappa shape index (κ1) is 18.6. The number of nitrogens with one attached hydrogen (secondary N) is 1. The molecule has 4 heteroatoms. The highest BCUT2D eigenvalue weighted by Crippen LogP contribution is 2.28. The first-order valence-electron chi connectivity index (χ1n) is 9.61. The second-order valence-electron chi connectivity index (χ2n) is 7.13. The number of aryl methyl sites for hydroxylation is 1. The highest BCUT2D eigenvalue weighted by atomic mass is 35.5. The van der Waals surface area contributed by atoms with Crippen LogP contribution < -0.4 is 5.32 Å². The van der Waals surface area contributed by atoms with Gasteiger partial charge < -0.3 is 10.4 Å². The fourth-order valence-corrected chi connectivity index (χ4v) is 3.78. The SMILES string of the molecule is CCc1cccc(CC2CNc3ccc(Cl)cc3C(c3ccc(O)cc3)=N2)c1. The molecule has 28 heavy (non-hydrogen) atoms. The molecule has 2 N–H and O–H groups in total. The lowest BCUT2D eigenvalue weighted by Gasteiger charge is -2.13. The van der Waals surface area contributed by atoms with Crippen molar-refractivity contribution in [2.24, 2.45) is 4.99 Å². The molecule has 1 aliphatic rings. The van der Waals surface area contributed by atoms with Gasteiger partial charge in [0.05, 0.1) is 11.8 Å². The number of aliphatic imine (C=N–C) groups is 1. The van der Waals surface area contributed by atoms with Crippen molar-refractivity contribution in [3.8, 4) is 5.75 Å². The number of aromatic hydroxyl groups is 1. The summed E-state index contributed by atoms with van der Waals surface area (Å²) < 4.78 is 0. The predicted molar refractivity (Wildman–Crippen MR) is 117 cm³/mol. The Hall–Kier alpha value is -2.78. The van der Waals surface area contributed by atoms with Crippen LogP contribution in [0.4, 0.5) is 5.69 Å². The van der Waals surface area contributed by atoms with Crippen LogP contribution in [0.3, 0.4) is 0 Å². The number of phenols is 1. The molecular weight excluding hydrogens is 368 g/mol. The Balaban J connectivity index is 1.74. The summed E-state index contributed by atoms with van der Waals surface area (Å²) >= 11 is 6.28. The van der Waals surface area contributed by atoms with Gasteiger partial charge in [-0.2, -0.15) is 0 Å². The maximum atomic E-state index is 9.67. The molecular formula is C24H23ClN2O. The summed E-state index contributed by atoms with van der Waals surface area (Å²) in [5, 5.41) is 13.9. The minimum atomic E-state index is 0.0992. The van der Waals surface area contributed by atoms with E-state index in [1.165, 1.54) is 11.1 Å². The van der Waals surface area contributed by atoms with E-state index in [0.29, 0.717) is 5.02 Å². The Morgan fingerprint density at radius 3 is 2.61 bits per heavy atom. The molecule has 0 aromatic heterocycles. The van der Waals surface area contributed by atoms with Crippen molar-refractivity contribution in [3.05, 3.63) is 94.0 Å². The molecule has 3 aromatic carbocycles. The molecule has 0 saturated heterocycles. The maximum Gasteiger partial charge on any atom is 0.115 e. The van der Waals surface area contributed by atoms with Gasteiger partial charge in [-0.15, -0.1) is 0 Å². The standard InChI is InChI=1S/C24H23ClN2O/c1-2-16-4-3-5-17(12-16)13-20-15-26-23-11-8-19(25)14-22(23)24(27-20)18-6-9-21(28)10-7-18/h3-12,14,20,26,28H,2,13,15H2,1H3. The number of halogens is 1. The Labute approximate surface area is 170 Å². The minimum absolute atomic E-state index is 0.0992. The van der Waals surface area contributed by atoms with Crippen LogP contribution in [-0.2, 0) is 12.8 Å². The molecule has 1 heterocycles. The molecule has 0 radical (unpaired) electrons. The zero-order chi connectivity index (χ0) is 19.5. The molecule has 0 saturated carbocycles. The fraction of sp³-hybridized carbons (Fsp3) is 0.208. The normalized spacial score (nSPS) is 15.9. The van der Waals surface area contributed by atoms with Crippen molar-refractivity contribution in [3.63, 3.8) is 0 Å². The van der Waals surface area contributed by atoms with Crippen LogP contribution in [0.5, 0.6) is 5.75 Å². The van der Waals surface area contributed by atoms with E-state index in [0.717, 1.165) is 41.9 Å². The van der Waals surface area contributed by atoms with Gasteiger partial charge in [-0.1, -0.05) is 42.8 Å². The molecule has 0 aliphatic carbocycles. The molecule has 0 bridgehead atoms. The summed E-state index contributed by atoms with van der Waals surface area (Å²) in [6, 6.07) is 21.9. The van der Waals surface area contributed by atoms with Crippen molar-refractivity contribution in [2.75, 3.05) is 11.9 Å². The number of hydrogen-bond donors (Lipinski definition) is 2. The van der Waals surface area contributed by atoms with Gasteiger partial charge in [-0.25, -0.2) is 0 Å². The van der Waals surface area contributed by atoms with Gasteiger partial charge in [0.2, 0.25) is 0 Å². The molecule has 3 aromatic rings. The molecule has 1 aliphatic heterocycles. The highest BCUT2D eigenvalue weighted by molar-refractivity contribution is 6.31. The monoisotopic (exact) mass is 390 g/mol. The van der Waals surface area contributed by atoms with E-state index >= 15 is 0 Å². The Kier molecular flexibility index (Phi) is 5.36. The second-order valence-corrected chi connectivity index (χ2v) is 7.56. The summed E-state index contributed by atoms with van der Waals surface area (Å²) in [5.41, 5.74) is 6.53. The number of benzodiazepines with no additional fused rings is 1. The van der Waals surface area contributed by atoms with Crippen molar-refractivity contribution in [2.45, 2.75) is 25.8 Å². The number of anilines is 1.